The first kappa shape index (κ1) is 10.5. The van der Waals surface area contributed by atoms with Crippen LogP contribution in [0, 0.1) is 11.3 Å². The van der Waals surface area contributed by atoms with Gasteiger partial charge in [-0.3, -0.25) is 0 Å². The number of para-hydroxylation sites is 1. The van der Waals surface area contributed by atoms with Crippen LogP contribution in [0.3, 0.4) is 0 Å². The standard InChI is InChI=1S/C10H7NO4S/c1-16(12,13)15-10-7-4-2-3-5-8(7)14-9(10)6-11/h2-5H,1H3. The van der Waals surface area contributed by atoms with Crippen molar-refractivity contribution in [3.05, 3.63) is 30.0 Å². The third-order valence-electron chi connectivity index (χ3n) is 1.89. The summed E-state index contributed by atoms with van der Waals surface area (Å²) in [6.45, 7) is 0. The van der Waals surface area contributed by atoms with E-state index in [1.807, 2.05) is 0 Å². The highest BCUT2D eigenvalue weighted by molar-refractivity contribution is 7.86. The minimum Gasteiger partial charge on any atom is -0.442 e. The molecule has 0 bridgehead atoms. The fourth-order valence-corrected chi connectivity index (χ4v) is 1.80. The number of rotatable bonds is 2. The lowest BCUT2D eigenvalue weighted by molar-refractivity contribution is 0.483. The molecule has 6 heteroatoms. The summed E-state index contributed by atoms with van der Waals surface area (Å²) in [5.74, 6) is -0.202. The molecule has 2 aromatic rings. The van der Waals surface area contributed by atoms with Crippen LogP contribution in [0.15, 0.2) is 28.7 Å². The lowest BCUT2D eigenvalue weighted by atomic mass is 10.2. The summed E-state index contributed by atoms with van der Waals surface area (Å²) < 4.78 is 32.0. The minimum absolute atomic E-state index is 0.0550. The Morgan fingerprint density at radius 2 is 2.06 bits per heavy atom. The Hall–Kier alpha value is -2.00. The molecule has 0 aliphatic carbocycles. The van der Waals surface area contributed by atoms with Crippen LogP contribution in [-0.2, 0) is 10.1 Å². The van der Waals surface area contributed by atoms with E-state index in [4.69, 9.17) is 13.9 Å². The predicted molar refractivity (Wildman–Crippen MR) is 56.4 cm³/mol. The van der Waals surface area contributed by atoms with Gasteiger partial charge in [0.05, 0.1) is 11.6 Å². The monoisotopic (exact) mass is 237 g/mol. The molecule has 0 amide bonds. The average Bonchev–Trinajstić information content (AvgIpc) is 2.55. The van der Waals surface area contributed by atoms with Crippen molar-refractivity contribution < 1.29 is 17.0 Å². The fourth-order valence-electron chi connectivity index (χ4n) is 1.33. The average molecular weight is 237 g/mol. The van der Waals surface area contributed by atoms with Gasteiger partial charge >= 0.3 is 10.1 Å². The van der Waals surface area contributed by atoms with Gasteiger partial charge < -0.3 is 8.60 Å². The van der Waals surface area contributed by atoms with Gasteiger partial charge in [0, 0.05) is 0 Å². The van der Waals surface area contributed by atoms with Crippen LogP contribution in [0.2, 0.25) is 0 Å². The van der Waals surface area contributed by atoms with Crippen LogP contribution in [-0.4, -0.2) is 14.7 Å². The van der Waals surface area contributed by atoms with Gasteiger partial charge in [-0.1, -0.05) is 12.1 Å². The maximum absolute atomic E-state index is 11.0. The van der Waals surface area contributed by atoms with Crippen LogP contribution >= 0.6 is 0 Å². The van der Waals surface area contributed by atoms with Crippen molar-refractivity contribution >= 4 is 21.1 Å². The van der Waals surface area contributed by atoms with E-state index in [0.717, 1.165) is 6.26 Å². The highest BCUT2D eigenvalue weighted by Gasteiger charge is 2.18. The van der Waals surface area contributed by atoms with Gasteiger partial charge in [-0.25, -0.2) is 0 Å². The molecule has 0 unspecified atom stereocenters. The maximum atomic E-state index is 11.0. The van der Waals surface area contributed by atoms with Crippen LogP contribution in [0.4, 0.5) is 0 Å². The molecular formula is C10H7NO4S. The van der Waals surface area contributed by atoms with Gasteiger partial charge in [0.1, 0.15) is 11.7 Å². The zero-order chi connectivity index (χ0) is 11.8. The van der Waals surface area contributed by atoms with Crippen molar-refractivity contribution in [2.45, 2.75) is 0 Å². The largest absolute Gasteiger partial charge is 0.442 e. The molecule has 0 fully saturated rings. The molecule has 1 heterocycles. The smallest absolute Gasteiger partial charge is 0.306 e. The fraction of sp³-hybridized carbons (Fsp3) is 0.100. The second-order valence-electron chi connectivity index (χ2n) is 3.16. The van der Waals surface area contributed by atoms with Gasteiger partial charge in [0.2, 0.25) is 11.5 Å². The van der Waals surface area contributed by atoms with Gasteiger partial charge in [-0.05, 0) is 12.1 Å². The zero-order valence-corrected chi connectivity index (χ0v) is 9.11. The molecule has 1 aromatic carbocycles. The van der Waals surface area contributed by atoms with Crippen molar-refractivity contribution in [3.63, 3.8) is 0 Å². The second kappa shape index (κ2) is 3.54. The van der Waals surface area contributed by atoms with Gasteiger partial charge in [0.15, 0.2) is 0 Å². The number of hydrogen-bond acceptors (Lipinski definition) is 5. The molecular weight excluding hydrogens is 230 g/mol. The number of hydrogen-bond donors (Lipinski definition) is 0. The van der Waals surface area contributed by atoms with Gasteiger partial charge in [0.25, 0.3) is 0 Å². The van der Waals surface area contributed by atoms with Crippen molar-refractivity contribution in [2.75, 3.05) is 6.26 Å². The van der Waals surface area contributed by atoms with E-state index in [0.29, 0.717) is 11.0 Å². The summed E-state index contributed by atoms with van der Waals surface area (Å²) in [4.78, 5) is 0. The van der Waals surface area contributed by atoms with E-state index < -0.39 is 10.1 Å². The van der Waals surface area contributed by atoms with Gasteiger partial charge in [-0.2, -0.15) is 13.7 Å². The molecule has 5 nitrogen and oxygen atoms in total. The number of nitriles is 1. The quantitative estimate of drug-likeness (QED) is 0.742. The van der Waals surface area contributed by atoms with Crippen LogP contribution in [0.5, 0.6) is 5.75 Å². The highest BCUT2D eigenvalue weighted by Crippen LogP contribution is 2.33. The summed E-state index contributed by atoms with van der Waals surface area (Å²) >= 11 is 0. The molecule has 0 N–H and O–H groups in total. The Bertz CT molecular complexity index is 678. The normalized spacial score (nSPS) is 11.2. The first-order valence-corrected chi connectivity index (χ1v) is 6.14. The van der Waals surface area contributed by atoms with Gasteiger partial charge in [-0.15, -0.1) is 0 Å². The van der Waals surface area contributed by atoms with Crippen molar-refractivity contribution in [1.29, 1.82) is 5.26 Å². The summed E-state index contributed by atoms with van der Waals surface area (Å²) in [5.41, 5.74) is 0.415. The van der Waals surface area contributed by atoms with Crippen LogP contribution in [0.1, 0.15) is 5.76 Å². The van der Waals surface area contributed by atoms with E-state index in [-0.39, 0.29) is 11.5 Å². The number of nitrogens with zero attached hydrogens (tertiary/aromatic N) is 1. The number of benzene rings is 1. The molecule has 0 atom stereocenters. The summed E-state index contributed by atoms with van der Waals surface area (Å²) in [5, 5.41) is 9.26. The first-order valence-electron chi connectivity index (χ1n) is 4.32. The summed E-state index contributed by atoms with van der Waals surface area (Å²) in [6, 6.07) is 8.43. The Labute approximate surface area is 92.0 Å². The molecule has 0 spiro atoms. The lowest BCUT2D eigenvalue weighted by Gasteiger charge is -1.99. The Morgan fingerprint density at radius 3 is 2.69 bits per heavy atom. The van der Waals surface area contributed by atoms with Crippen molar-refractivity contribution in [3.8, 4) is 11.8 Å². The van der Waals surface area contributed by atoms with Crippen molar-refractivity contribution in [2.24, 2.45) is 0 Å². The van der Waals surface area contributed by atoms with Crippen molar-refractivity contribution in [1.82, 2.24) is 0 Å². The highest BCUT2D eigenvalue weighted by atomic mass is 32.2. The third-order valence-corrected chi connectivity index (χ3v) is 2.36. The Balaban J connectivity index is 2.71. The molecule has 1 aromatic heterocycles. The van der Waals surface area contributed by atoms with E-state index in [9.17, 15) is 8.42 Å². The predicted octanol–water partition coefficient (Wildman–Crippen LogP) is 1.64. The summed E-state index contributed by atoms with van der Waals surface area (Å²) in [6.07, 6.45) is 0.913. The lowest BCUT2D eigenvalue weighted by Crippen LogP contribution is -2.06. The Kier molecular flexibility index (Phi) is 2.33. The molecule has 0 saturated carbocycles. The number of fused-ring (bicyclic) bond motifs is 1. The molecule has 0 aliphatic rings. The Morgan fingerprint density at radius 1 is 1.38 bits per heavy atom. The van der Waals surface area contributed by atoms with E-state index in [1.54, 1.807) is 30.3 Å². The molecule has 0 saturated heterocycles. The first-order chi connectivity index (χ1) is 7.51. The van der Waals surface area contributed by atoms with E-state index >= 15 is 0 Å². The molecule has 82 valence electrons. The minimum atomic E-state index is -3.68. The molecule has 0 aliphatic heterocycles. The topological polar surface area (TPSA) is 80.3 Å². The maximum Gasteiger partial charge on any atom is 0.306 e. The molecule has 0 radical (unpaired) electrons. The number of furan rings is 1. The molecule has 2 rings (SSSR count). The second-order valence-corrected chi connectivity index (χ2v) is 4.73. The van der Waals surface area contributed by atoms with E-state index in [1.165, 1.54) is 0 Å². The van der Waals surface area contributed by atoms with Crippen LogP contribution < -0.4 is 4.18 Å². The SMILES string of the molecule is CS(=O)(=O)Oc1c(C#N)oc2ccccc12. The van der Waals surface area contributed by atoms with Crippen LogP contribution in [0.25, 0.3) is 11.0 Å². The summed E-state index contributed by atoms with van der Waals surface area (Å²) in [7, 11) is -3.68. The molecule has 16 heavy (non-hydrogen) atoms. The third kappa shape index (κ3) is 1.85. The van der Waals surface area contributed by atoms with E-state index in [2.05, 4.69) is 0 Å². The zero-order valence-electron chi connectivity index (χ0n) is 8.30.